The minimum Gasteiger partial charge on any atom is -0.360 e. The summed E-state index contributed by atoms with van der Waals surface area (Å²) in [6, 6.07) is 13.0. The van der Waals surface area contributed by atoms with E-state index in [1.54, 1.807) is 0 Å². The van der Waals surface area contributed by atoms with Gasteiger partial charge in [0.25, 0.3) is 0 Å². The normalized spacial score (nSPS) is 19.1. The van der Waals surface area contributed by atoms with Crippen LogP contribution in [0.1, 0.15) is 49.4 Å². The Bertz CT molecular complexity index is 986. The molecule has 152 valence electrons. The zero-order chi connectivity index (χ0) is 19.6. The number of imidazole rings is 1. The molecule has 5 nitrogen and oxygen atoms in total. The van der Waals surface area contributed by atoms with E-state index in [1.807, 2.05) is 6.33 Å². The van der Waals surface area contributed by atoms with Gasteiger partial charge in [-0.15, -0.1) is 0 Å². The number of para-hydroxylation sites is 1. The van der Waals surface area contributed by atoms with Crippen LogP contribution in [0.3, 0.4) is 0 Å². The minimum absolute atomic E-state index is 0.110. The van der Waals surface area contributed by atoms with Crippen molar-refractivity contribution in [2.45, 2.75) is 51.7 Å². The van der Waals surface area contributed by atoms with Crippen molar-refractivity contribution in [2.75, 3.05) is 23.7 Å². The fourth-order valence-corrected chi connectivity index (χ4v) is 4.80. The van der Waals surface area contributed by atoms with Gasteiger partial charge in [0.1, 0.15) is 6.17 Å². The first-order valence-corrected chi connectivity index (χ1v) is 11.1. The molecule has 3 N–H and O–H groups in total. The third kappa shape index (κ3) is 3.84. The van der Waals surface area contributed by atoms with Crippen molar-refractivity contribution in [3.8, 4) is 0 Å². The molecule has 0 amide bonds. The number of nitrogens with one attached hydrogen (secondary N) is 3. The lowest BCUT2D eigenvalue weighted by atomic mass is 9.92. The fourth-order valence-electron chi connectivity index (χ4n) is 4.80. The Morgan fingerprint density at radius 1 is 1.07 bits per heavy atom. The summed E-state index contributed by atoms with van der Waals surface area (Å²) in [7, 11) is 0. The first kappa shape index (κ1) is 18.5. The van der Waals surface area contributed by atoms with Crippen LogP contribution in [0.15, 0.2) is 42.7 Å². The number of fused-ring (bicyclic) bond motifs is 2. The number of benzene rings is 2. The van der Waals surface area contributed by atoms with Crippen molar-refractivity contribution >= 4 is 22.4 Å². The van der Waals surface area contributed by atoms with E-state index in [4.69, 9.17) is 0 Å². The van der Waals surface area contributed by atoms with Crippen LogP contribution in [0.25, 0.3) is 11.0 Å². The van der Waals surface area contributed by atoms with Crippen LogP contribution in [0, 0.1) is 12.8 Å². The standard InChI is InChI=1S/C24H31N5/c1-17-5-4-7-21-23(17)28-24(27-21)19-8-9-20-22(15-19)29(16-26-20)14-3-2-6-18-10-12-25-13-11-18/h4-5,7-9,15-16,18,24-25,27-28H,2-3,6,10-14H2,1H3. The third-order valence-corrected chi connectivity index (χ3v) is 6.56. The molecule has 0 aliphatic carbocycles. The van der Waals surface area contributed by atoms with Gasteiger partial charge in [0.15, 0.2) is 0 Å². The maximum atomic E-state index is 4.62. The average Bonchev–Trinajstić information content (AvgIpc) is 3.37. The second kappa shape index (κ2) is 8.07. The van der Waals surface area contributed by atoms with Gasteiger partial charge in [0, 0.05) is 6.54 Å². The largest absolute Gasteiger partial charge is 0.360 e. The van der Waals surface area contributed by atoms with E-state index < -0.39 is 0 Å². The molecular weight excluding hydrogens is 358 g/mol. The summed E-state index contributed by atoms with van der Waals surface area (Å²) in [4.78, 5) is 4.62. The van der Waals surface area contributed by atoms with Gasteiger partial charge in [-0.1, -0.05) is 31.0 Å². The highest BCUT2D eigenvalue weighted by molar-refractivity contribution is 5.80. The summed E-state index contributed by atoms with van der Waals surface area (Å²) in [5.41, 5.74) is 7.24. The van der Waals surface area contributed by atoms with E-state index in [1.165, 1.54) is 73.2 Å². The Balaban J connectivity index is 1.25. The molecule has 29 heavy (non-hydrogen) atoms. The van der Waals surface area contributed by atoms with Gasteiger partial charge in [-0.25, -0.2) is 4.98 Å². The van der Waals surface area contributed by atoms with Crippen LogP contribution < -0.4 is 16.0 Å². The van der Waals surface area contributed by atoms with Crippen LogP contribution in [0.4, 0.5) is 11.4 Å². The molecule has 5 heteroatoms. The summed E-state index contributed by atoms with van der Waals surface area (Å²) in [6.45, 7) is 5.60. The summed E-state index contributed by atoms with van der Waals surface area (Å²) < 4.78 is 2.33. The van der Waals surface area contributed by atoms with Crippen molar-refractivity contribution in [3.05, 3.63) is 53.9 Å². The molecule has 0 bridgehead atoms. The Morgan fingerprint density at radius 3 is 2.83 bits per heavy atom. The Morgan fingerprint density at radius 2 is 1.97 bits per heavy atom. The lowest BCUT2D eigenvalue weighted by Gasteiger charge is -2.22. The molecule has 0 radical (unpaired) electrons. The highest BCUT2D eigenvalue weighted by Gasteiger charge is 2.22. The number of aromatic nitrogens is 2. The lowest BCUT2D eigenvalue weighted by molar-refractivity contribution is 0.341. The van der Waals surface area contributed by atoms with Crippen LogP contribution >= 0.6 is 0 Å². The number of piperidine rings is 1. The summed E-state index contributed by atoms with van der Waals surface area (Å²) in [5.74, 6) is 0.923. The zero-order valence-electron chi connectivity index (χ0n) is 17.2. The highest BCUT2D eigenvalue weighted by Crippen LogP contribution is 2.37. The first-order chi connectivity index (χ1) is 14.3. The molecule has 1 atom stereocenters. The number of unbranched alkanes of at least 4 members (excludes halogenated alkanes) is 1. The topological polar surface area (TPSA) is 53.9 Å². The smallest absolute Gasteiger partial charge is 0.123 e. The van der Waals surface area contributed by atoms with E-state index in [-0.39, 0.29) is 6.17 Å². The molecule has 1 saturated heterocycles. The van der Waals surface area contributed by atoms with Gasteiger partial charge in [-0.05, 0) is 74.5 Å². The number of hydrogen-bond donors (Lipinski definition) is 3. The summed E-state index contributed by atoms with van der Waals surface area (Å²) >= 11 is 0. The molecular formula is C24H31N5. The molecule has 2 aliphatic rings. The van der Waals surface area contributed by atoms with Crippen LogP contribution in [0.2, 0.25) is 0 Å². The van der Waals surface area contributed by atoms with E-state index >= 15 is 0 Å². The number of nitrogens with zero attached hydrogens (tertiary/aromatic N) is 2. The van der Waals surface area contributed by atoms with Gasteiger partial charge in [-0.3, -0.25) is 0 Å². The second-order valence-electron chi connectivity index (χ2n) is 8.59. The number of hydrogen-bond acceptors (Lipinski definition) is 4. The summed E-state index contributed by atoms with van der Waals surface area (Å²) in [5, 5.41) is 10.7. The maximum absolute atomic E-state index is 4.62. The Labute approximate surface area is 172 Å². The van der Waals surface area contributed by atoms with Crippen molar-refractivity contribution < 1.29 is 0 Å². The molecule has 1 unspecified atom stereocenters. The maximum Gasteiger partial charge on any atom is 0.123 e. The molecule has 1 fully saturated rings. The van der Waals surface area contributed by atoms with Gasteiger partial charge < -0.3 is 20.5 Å². The Hall–Kier alpha value is -2.53. The van der Waals surface area contributed by atoms with Gasteiger partial charge in [0.2, 0.25) is 0 Å². The van der Waals surface area contributed by atoms with Crippen LogP contribution in [-0.2, 0) is 6.54 Å². The first-order valence-electron chi connectivity index (χ1n) is 11.1. The molecule has 5 rings (SSSR count). The molecule has 0 spiro atoms. The van der Waals surface area contributed by atoms with Crippen molar-refractivity contribution in [1.29, 1.82) is 0 Å². The molecule has 1 aromatic heterocycles. The molecule has 0 saturated carbocycles. The third-order valence-electron chi connectivity index (χ3n) is 6.56. The quantitative estimate of drug-likeness (QED) is 0.516. The van der Waals surface area contributed by atoms with E-state index in [2.05, 4.69) is 68.8 Å². The number of anilines is 2. The van der Waals surface area contributed by atoms with E-state index in [0.29, 0.717) is 0 Å². The zero-order valence-corrected chi connectivity index (χ0v) is 17.2. The van der Waals surface area contributed by atoms with Crippen molar-refractivity contribution in [2.24, 2.45) is 5.92 Å². The van der Waals surface area contributed by atoms with Crippen LogP contribution in [0.5, 0.6) is 0 Å². The predicted molar refractivity (Wildman–Crippen MR) is 120 cm³/mol. The number of rotatable bonds is 6. The molecule has 2 aliphatic heterocycles. The SMILES string of the molecule is Cc1cccc2c1NC(c1ccc3ncn(CCCCC4CCNCC4)c3c1)N2. The van der Waals surface area contributed by atoms with Gasteiger partial charge in [0.05, 0.1) is 28.7 Å². The molecule has 2 aromatic carbocycles. The Kier molecular flexibility index (Phi) is 5.15. The van der Waals surface area contributed by atoms with Crippen molar-refractivity contribution in [3.63, 3.8) is 0 Å². The molecule has 3 heterocycles. The fraction of sp³-hybridized carbons (Fsp3) is 0.458. The van der Waals surface area contributed by atoms with Crippen LogP contribution in [-0.4, -0.2) is 22.6 Å². The van der Waals surface area contributed by atoms with Crippen molar-refractivity contribution in [1.82, 2.24) is 14.9 Å². The van der Waals surface area contributed by atoms with Gasteiger partial charge >= 0.3 is 0 Å². The summed E-state index contributed by atoms with van der Waals surface area (Å²) in [6.07, 6.45) is 8.72. The lowest BCUT2D eigenvalue weighted by Crippen LogP contribution is -2.27. The number of aryl methyl sites for hydroxylation is 2. The van der Waals surface area contributed by atoms with E-state index in [9.17, 15) is 0 Å². The van der Waals surface area contributed by atoms with Gasteiger partial charge in [-0.2, -0.15) is 0 Å². The van der Waals surface area contributed by atoms with E-state index in [0.717, 1.165) is 18.0 Å². The monoisotopic (exact) mass is 389 g/mol. The predicted octanol–water partition coefficient (Wildman–Crippen LogP) is 5.05. The molecule has 3 aromatic rings. The second-order valence-corrected chi connectivity index (χ2v) is 8.59. The average molecular weight is 390 g/mol. The minimum atomic E-state index is 0.110. The highest BCUT2D eigenvalue weighted by atomic mass is 15.2.